The molecule has 13 heteroatoms. The Hall–Kier alpha value is -3.71. The molecule has 0 radical (unpaired) electrons. The fourth-order valence-corrected chi connectivity index (χ4v) is 4.92. The molecule has 1 aliphatic rings. The lowest BCUT2D eigenvalue weighted by atomic mass is 10.1. The molecule has 0 bridgehead atoms. The van der Waals surface area contributed by atoms with Gasteiger partial charge in [-0.15, -0.1) is 0 Å². The Labute approximate surface area is 208 Å². The first-order chi connectivity index (χ1) is 17.2. The summed E-state index contributed by atoms with van der Waals surface area (Å²) in [6, 6.07) is 4.96. The molecule has 36 heavy (non-hydrogen) atoms. The number of benzene rings is 1. The molecule has 1 atom stereocenters. The minimum absolute atomic E-state index is 0.00974. The molecule has 2 N–H and O–H groups in total. The fourth-order valence-electron chi connectivity index (χ4n) is 3.88. The summed E-state index contributed by atoms with van der Waals surface area (Å²) in [6.07, 6.45) is 3.74. The monoisotopic (exact) mass is 517 g/mol. The largest absolute Gasteiger partial charge is 0.494 e. The highest BCUT2D eigenvalue weighted by Gasteiger charge is 2.30. The quantitative estimate of drug-likeness (QED) is 0.427. The van der Waals surface area contributed by atoms with E-state index in [0.29, 0.717) is 30.4 Å². The van der Waals surface area contributed by atoms with Crippen LogP contribution in [0.25, 0.3) is 5.69 Å². The van der Waals surface area contributed by atoms with Gasteiger partial charge in [-0.1, -0.05) is 6.07 Å². The molecule has 192 valence electrons. The number of aromatic nitrogens is 4. The van der Waals surface area contributed by atoms with Crippen molar-refractivity contribution >= 4 is 15.7 Å². The second kappa shape index (κ2) is 10.5. The Bertz CT molecular complexity index is 1380. The smallest absolute Gasteiger partial charge is 0.286 e. The van der Waals surface area contributed by atoms with Gasteiger partial charge in [-0.05, 0) is 31.0 Å². The molecular weight excluding hydrogens is 490 g/mol. The third kappa shape index (κ3) is 5.26. The minimum Gasteiger partial charge on any atom is -0.494 e. The summed E-state index contributed by atoms with van der Waals surface area (Å²) in [4.78, 5) is 26.2. The summed E-state index contributed by atoms with van der Waals surface area (Å²) in [5.41, 5.74) is -0.344. The van der Waals surface area contributed by atoms with E-state index in [9.17, 15) is 18.3 Å². The normalized spacial score (nSPS) is 15.6. The standard InChI is InChI=1S/C23H27N5O7S/c1-14-11-24-18(25-12-14)8-10-36(31,32)27-19-22(29)26-21(15-7-9-35-13-15)28(23(19)30)20-16(33-2)5-4-6-17(20)34-3/h4-6,11-12,15,27,29H,7-10,13H2,1-3H3/t15-/m1/s1. The molecule has 2 aromatic heterocycles. The summed E-state index contributed by atoms with van der Waals surface area (Å²) < 4.78 is 45.5. The van der Waals surface area contributed by atoms with Crippen LogP contribution in [-0.4, -0.2) is 66.2 Å². The number of nitrogens with one attached hydrogen (secondary N) is 1. The molecule has 1 aliphatic heterocycles. The van der Waals surface area contributed by atoms with Crippen molar-refractivity contribution in [1.82, 2.24) is 19.5 Å². The maximum atomic E-state index is 13.8. The summed E-state index contributed by atoms with van der Waals surface area (Å²) in [7, 11) is -1.21. The summed E-state index contributed by atoms with van der Waals surface area (Å²) in [6.45, 7) is 2.56. The number of ether oxygens (including phenoxy) is 3. The number of hydrogen-bond donors (Lipinski definition) is 2. The number of hydrogen-bond acceptors (Lipinski definition) is 10. The van der Waals surface area contributed by atoms with Gasteiger partial charge in [-0.3, -0.25) is 14.1 Å². The van der Waals surface area contributed by atoms with Gasteiger partial charge in [0.25, 0.3) is 5.56 Å². The molecular formula is C23H27N5O7S. The molecule has 0 spiro atoms. The fraction of sp³-hybridized carbons (Fsp3) is 0.391. The van der Waals surface area contributed by atoms with Crippen molar-refractivity contribution in [3.63, 3.8) is 0 Å². The van der Waals surface area contributed by atoms with Crippen molar-refractivity contribution < 1.29 is 27.7 Å². The second-order valence-electron chi connectivity index (χ2n) is 8.23. The maximum Gasteiger partial charge on any atom is 0.286 e. The SMILES string of the molecule is COc1cccc(OC)c1-n1c([C@@H]2CCOC2)nc(O)c(NS(=O)(=O)CCc2ncc(C)cn2)c1=O. The Morgan fingerprint density at radius 3 is 2.44 bits per heavy atom. The first-order valence-corrected chi connectivity index (χ1v) is 12.8. The van der Waals surface area contributed by atoms with Gasteiger partial charge in [-0.2, -0.15) is 4.98 Å². The lowest BCUT2D eigenvalue weighted by molar-refractivity contribution is 0.192. The topological polar surface area (TPSA) is 155 Å². The Morgan fingerprint density at radius 2 is 1.86 bits per heavy atom. The molecule has 1 saturated heterocycles. The van der Waals surface area contributed by atoms with E-state index in [-0.39, 0.29) is 30.5 Å². The van der Waals surface area contributed by atoms with Gasteiger partial charge in [0.1, 0.15) is 28.8 Å². The Morgan fingerprint density at radius 1 is 1.19 bits per heavy atom. The lowest BCUT2D eigenvalue weighted by Crippen LogP contribution is -2.31. The highest BCUT2D eigenvalue weighted by atomic mass is 32.2. The molecule has 1 aromatic carbocycles. The van der Waals surface area contributed by atoms with Crippen molar-refractivity contribution in [2.45, 2.75) is 25.7 Å². The maximum absolute atomic E-state index is 13.8. The molecule has 0 amide bonds. The van der Waals surface area contributed by atoms with Gasteiger partial charge in [-0.25, -0.2) is 18.4 Å². The molecule has 1 fully saturated rings. The van der Waals surface area contributed by atoms with Gasteiger partial charge >= 0.3 is 0 Å². The van der Waals surface area contributed by atoms with Gasteiger partial charge in [0, 0.05) is 31.3 Å². The first kappa shape index (κ1) is 25.4. The van der Waals surface area contributed by atoms with Crippen molar-refractivity contribution in [3.05, 3.63) is 58.2 Å². The zero-order chi connectivity index (χ0) is 25.9. The minimum atomic E-state index is -4.08. The lowest BCUT2D eigenvalue weighted by Gasteiger charge is -2.21. The average Bonchev–Trinajstić information content (AvgIpc) is 3.40. The van der Waals surface area contributed by atoms with Crippen molar-refractivity contribution in [2.24, 2.45) is 0 Å². The van der Waals surface area contributed by atoms with Crippen LogP contribution >= 0.6 is 0 Å². The van der Waals surface area contributed by atoms with Crippen LogP contribution in [0.3, 0.4) is 0 Å². The Balaban J connectivity index is 1.79. The van der Waals surface area contributed by atoms with Crippen LogP contribution in [0, 0.1) is 6.92 Å². The number of aryl methyl sites for hydroxylation is 2. The molecule has 0 saturated carbocycles. The van der Waals surface area contributed by atoms with Crippen LogP contribution in [0.1, 0.15) is 29.6 Å². The van der Waals surface area contributed by atoms with Crippen LogP contribution in [0.5, 0.6) is 17.4 Å². The number of methoxy groups -OCH3 is 2. The van der Waals surface area contributed by atoms with E-state index in [1.54, 1.807) is 30.6 Å². The summed E-state index contributed by atoms with van der Waals surface area (Å²) in [5.74, 6) is -0.325. The predicted octanol–water partition coefficient (Wildman–Crippen LogP) is 1.54. The van der Waals surface area contributed by atoms with E-state index in [1.165, 1.54) is 18.8 Å². The van der Waals surface area contributed by atoms with Gasteiger partial charge in [0.15, 0.2) is 5.69 Å². The molecule has 4 rings (SSSR count). The molecule has 0 aliphatic carbocycles. The number of sulfonamides is 1. The Kier molecular flexibility index (Phi) is 7.40. The van der Waals surface area contributed by atoms with Crippen molar-refractivity contribution in [3.8, 4) is 23.1 Å². The van der Waals surface area contributed by atoms with E-state index in [1.807, 2.05) is 6.92 Å². The van der Waals surface area contributed by atoms with Gasteiger partial charge < -0.3 is 19.3 Å². The molecule has 3 heterocycles. The van der Waals surface area contributed by atoms with Crippen molar-refractivity contribution in [1.29, 1.82) is 0 Å². The predicted molar refractivity (Wildman–Crippen MR) is 131 cm³/mol. The van der Waals surface area contributed by atoms with E-state index in [4.69, 9.17) is 14.2 Å². The van der Waals surface area contributed by atoms with E-state index in [2.05, 4.69) is 19.7 Å². The van der Waals surface area contributed by atoms with Crippen molar-refractivity contribution in [2.75, 3.05) is 37.9 Å². The zero-order valence-electron chi connectivity index (χ0n) is 20.1. The number of aromatic hydroxyl groups is 1. The summed E-state index contributed by atoms with van der Waals surface area (Å²) in [5, 5.41) is 10.7. The van der Waals surface area contributed by atoms with E-state index in [0.717, 1.165) is 5.56 Å². The zero-order valence-corrected chi connectivity index (χ0v) is 20.9. The average molecular weight is 518 g/mol. The summed E-state index contributed by atoms with van der Waals surface area (Å²) >= 11 is 0. The second-order valence-corrected chi connectivity index (χ2v) is 10.1. The molecule has 0 unspecified atom stereocenters. The third-order valence-corrected chi connectivity index (χ3v) is 6.95. The molecule has 3 aromatic rings. The van der Waals surface area contributed by atoms with Crippen LogP contribution < -0.4 is 19.8 Å². The number of anilines is 1. The van der Waals surface area contributed by atoms with Crippen LogP contribution in [0.2, 0.25) is 0 Å². The third-order valence-electron chi connectivity index (χ3n) is 5.70. The molecule has 12 nitrogen and oxygen atoms in total. The van der Waals surface area contributed by atoms with Gasteiger partial charge in [0.05, 0.1) is 26.6 Å². The number of nitrogens with zero attached hydrogens (tertiary/aromatic N) is 4. The highest BCUT2D eigenvalue weighted by Crippen LogP contribution is 2.36. The van der Waals surface area contributed by atoms with Crippen LogP contribution in [0.4, 0.5) is 5.69 Å². The highest BCUT2D eigenvalue weighted by molar-refractivity contribution is 7.92. The number of para-hydroxylation sites is 1. The number of rotatable bonds is 9. The van der Waals surface area contributed by atoms with Gasteiger partial charge in [0.2, 0.25) is 15.9 Å². The van der Waals surface area contributed by atoms with Crippen LogP contribution in [-0.2, 0) is 21.2 Å². The first-order valence-electron chi connectivity index (χ1n) is 11.2. The van der Waals surface area contributed by atoms with E-state index < -0.39 is 32.9 Å². The van der Waals surface area contributed by atoms with E-state index >= 15 is 0 Å². The van der Waals surface area contributed by atoms with Crippen LogP contribution in [0.15, 0.2) is 35.4 Å².